The summed E-state index contributed by atoms with van der Waals surface area (Å²) in [5, 5.41) is 0. The monoisotopic (exact) mass is 142 g/mol. The molecule has 0 saturated carbocycles. The molecular weight excluding hydrogens is 122 g/mol. The Morgan fingerprint density at radius 3 is 1.70 bits per heavy atom. The Labute approximate surface area is 65.4 Å². The van der Waals surface area contributed by atoms with E-state index < -0.39 is 0 Å². The molecule has 0 aliphatic rings. The zero-order chi connectivity index (χ0) is 8.20. The second kappa shape index (κ2) is 3.97. The van der Waals surface area contributed by atoms with Gasteiger partial charge in [-0.15, -0.1) is 0 Å². The second-order valence-electron chi connectivity index (χ2n) is 3.63. The maximum atomic E-state index is 4.06. The van der Waals surface area contributed by atoms with Crippen molar-refractivity contribution in [3.05, 3.63) is 6.92 Å². The van der Waals surface area contributed by atoms with Crippen LogP contribution < -0.4 is 0 Å². The van der Waals surface area contributed by atoms with Crippen molar-refractivity contribution in [2.24, 2.45) is 5.41 Å². The highest BCUT2D eigenvalue weighted by atomic mass is 15.1. The molecule has 1 nitrogen and oxygen atoms in total. The Morgan fingerprint density at radius 2 is 1.60 bits per heavy atom. The van der Waals surface area contributed by atoms with Gasteiger partial charge in [0.2, 0.25) is 0 Å². The van der Waals surface area contributed by atoms with E-state index in [-0.39, 0.29) is 5.41 Å². The molecule has 0 bridgehead atoms. The maximum Gasteiger partial charge on any atom is 0.00325 e. The number of nitrogens with zero attached hydrogens (tertiary/aromatic N) is 1. The second-order valence-corrected chi connectivity index (χ2v) is 3.63. The van der Waals surface area contributed by atoms with Gasteiger partial charge < -0.3 is 4.90 Å². The third kappa shape index (κ3) is 4.80. The molecule has 0 heterocycles. The van der Waals surface area contributed by atoms with Crippen LogP contribution in [0.1, 0.15) is 27.7 Å². The highest BCUT2D eigenvalue weighted by Gasteiger charge is 2.13. The van der Waals surface area contributed by atoms with Gasteiger partial charge in [0, 0.05) is 6.54 Å². The predicted molar refractivity (Wildman–Crippen MR) is 46.9 cm³/mol. The number of hydrogen-bond acceptors (Lipinski definition) is 1. The first-order chi connectivity index (χ1) is 4.49. The van der Waals surface area contributed by atoms with E-state index in [0.717, 1.165) is 19.6 Å². The average molecular weight is 142 g/mol. The molecule has 0 unspecified atom stereocenters. The highest BCUT2D eigenvalue weighted by molar-refractivity contribution is 4.74. The Hall–Kier alpha value is -0.0400. The number of hydrogen-bond donors (Lipinski definition) is 0. The van der Waals surface area contributed by atoms with E-state index in [1.54, 1.807) is 0 Å². The Morgan fingerprint density at radius 1 is 1.20 bits per heavy atom. The lowest BCUT2D eigenvalue weighted by Gasteiger charge is -2.27. The van der Waals surface area contributed by atoms with Crippen LogP contribution in [0.2, 0.25) is 0 Å². The molecule has 0 saturated heterocycles. The minimum absolute atomic E-state index is 0.200. The quantitative estimate of drug-likeness (QED) is 0.581. The minimum Gasteiger partial charge on any atom is -0.303 e. The summed E-state index contributed by atoms with van der Waals surface area (Å²) in [7, 11) is 0. The summed E-state index contributed by atoms with van der Waals surface area (Å²) in [6.07, 6.45) is 0. The first-order valence-corrected chi connectivity index (χ1v) is 4.07. The third-order valence-corrected chi connectivity index (χ3v) is 1.55. The Bertz CT molecular complexity index is 77.2. The van der Waals surface area contributed by atoms with Gasteiger partial charge in [-0.25, -0.2) is 0 Å². The van der Waals surface area contributed by atoms with Crippen molar-refractivity contribution in [2.75, 3.05) is 19.6 Å². The molecule has 1 radical (unpaired) electrons. The molecule has 0 spiro atoms. The van der Waals surface area contributed by atoms with Crippen molar-refractivity contribution in [3.8, 4) is 0 Å². The standard InChI is InChI=1S/C9H20N/c1-6-10(7-2)8-9(3,4)5/h3,6-8H2,1-2,4-5H3. The first-order valence-electron chi connectivity index (χ1n) is 4.07. The summed E-state index contributed by atoms with van der Waals surface area (Å²) in [5.41, 5.74) is 0.200. The van der Waals surface area contributed by atoms with Gasteiger partial charge in [0.25, 0.3) is 0 Å². The van der Waals surface area contributed by atoms with Crippen molar-refractivity contribution in [1.29, 1.82) is 0 Å². The molecule has 0 amide bonds. The van der Waals surface area contributed by atoms with Crippen LogP contribution >= 0.6 is 0 Å². The molecule has 61 valence electrons. The van der Waals surface area contributed by atoms with E-state index in [1.165, 1.54) is 0 Å². The Balaban J connectivity index is 3.63. The van der Waals surface area contributed by atoms with E-state index in [2.05, 4.69) is 39.5 Å². The zero-order valence-corrected chi connectivity index (χ0v) is 7.78. The summed E-state index contributed by atoms with van der Waals surface area (Å²) in [6, 6.07) is 0. The van der Waals surface area contributed by atoms with E-state index in [1.807, 2.05) is 0 Å². The third-order valence-electron chi connectivity index (χ3n) is 1.55. The molecule has 0 rings (SSSR count). The Kier molecular flexibility index (Phi) is 3.95. The fourth-order valence-corrected chi connectivity index (χ4v) is 1.05. The van der Waals surface area contributed by atoms with Gasteiger partial charge in [-0.05, 0) is 25.4 Å². The van der Waals surface area contributed by atoms with Crippen molar-refractivity contribution in [2.45, 2.75) is 27.7 Å². The minimum atomic E-state index is 0.200. The molecule has 0 atom stereocenters. The van der Waals surface area contributed by atoms with Crippen LogP contribution in [0.4, 0.5) is 0 Å². The predicted octanol–water partition coefficient (Wildman–Crippen LogP) is 2.19. The van der Waals surface area contributed by atoms with Crippen molar-refractivity contribution in [3.63, 3.8) is 0 Å². The van der Waals surface area contributed by atoms with Crippen LogP contribution in [0.5, 0.6) is 0 Å². The largest absolute Gasteiger partial charge is 0.303 e. The summed E-state index contributed by atoms with van der Waals surface area (Å²) >= 11 is 0. The van der Waals surface area contributed by atoms with Crippen LogP contribution in [0, 0.1) is 12.3 Å². The molecule has 0 aliphatic carbocycles. The normalized spacial score (nSPS) is 12.6. The van der Waals surface area contributed by atoms with Crippen molar-refractivity contribution >= 4 is 0 Å². The van der Waals surface area contributed by atoms with Gasteiger partial charge in [0.05, 0.1) is 0 Å². The van der Waals surface area contributed by atoms with Crippen molar-refractivity contribution < 1.29 is 0 Å². The molecule has 0 aliphatic heterocycles. The summed E-state index contributed by atoms with van der Waals surface area (Å²) in [6.45, 7) is 16.2. The molecular formula is C9H20N. The maximum absolute atomic E-state index is 4.06. The summed E-state index contributed by atoms with van der Waals surface area (Å²) < 4.78 is 0. The lowest BCUT2D eigenvalue weighted by atomic mass is 9.96. The van der Waals surface area contributed by atoms with Gasteiger partial charge in [-0.2, -0.15) is 0 Å². The van der Waals surface area contributed by atoms with E-state index >= 15 is 0 Å². The van der Waals surface area contributed by atoms with E-state index in [9.17, 15) is 0 Å². The van der Waals surface area contributed by atoms with Crippen LogP contribution in [0.3, 0.4) is 0 Å². The van der Waals surface area contributed by atoms with Gasteiger partial charge in [-0.1, -0.05) is 27.7 Å². The molecule has 1 heteroatoms. The molecule has 0 aromatic carbocycles. The van der Waals surface area contributed by atoms with Gasteiger partial charge in [-0.3, -0.25) is 0 Å². The molecule has 0 aromatic rings. The highest BCUT2D eigenvalue weighted by Crippen LogP contribution is 2.13. The lowest BCUT2D eigenvalue weighted by Crippen LogP contribution is -2.32. The summed E-state index contributed by atoms with van der Waals surface area (Å²) in [5.74, 6) is 0. The van der Waals surface area contributed by atoms with Crippen LogP contribution in [0.15, 0.2) is 0 Å². The fourth-order valence-electron chi connectivity index (χ4n) is 1.05. The van der Waals surface area contributed by atoms with E-state index in [4.69, 9.17) is 0 Å². The molecule has 0 aromatic heterocycles. The lowest BCUT2D eigenvalue weighted by molar-refractivity contribution is 0.227. The van der Waals surface area contributed by atoms with Gasteiger partial charge in [0.15, 0.2) is 0 Å². The van der Waals surface area contributed by atoms with Crippen LogP contribution in [0.25, 0.3) is 0 Å². The molecule has 0 fully saturated rings. The van der Waals surface area contributed by atoms with Gasteiger partial charge >= 0.3 is 0 Å². The fraction of sp³-hybridized carbons (Fsp3) is 0.889. The summed E-state index contributed by atoms with van der Waals surface area (Å²) in [4.78, 5) is 2.40. The van der Waals surface area contributed by atoms with E-state index in [0.29, 0.717) is 0 Å². The topological polar surface area (TPSA) is 3.24 Å². The smallest absolute Gasteiger partial charge is 0.00325 e. The van der Waals surface area contributed by atoms with Crippen LogP contribution in [-0.2, 0) is 0 Å². The van der Waals surface area contributed by atoms with Crippen molar-refractivity contribution in [1.82, 2.24) is 4.90 Å². The van der Waals surface area contributed by atoms with Gasteiger partial charge in [0.1, 0.15) is 0 Å². The first kappa shape index (κ1) is 9.96. The number of rotatable bonds is 4. The average Bonchev–Trinajstić information content (AvgIpc) is 1.81. The molecule has 0 N–H and O–H groups in total. The SMILES string of the molecule is [CH2]C(C)(C)CN(CC)CC. The van der Waals surface area contributed by atoms with Crippen LogP contribution in [-0.4, -0.2) is 24.5 Å². The zero-order valence-electron chi connectivity index (χ0n) is 7.78. The molecule has 10 heavy (non-hydrogen) atoms.